The molecule has 1 saturated heterocycles. The van der Waals surface area contributed by atoms with Gasteiger partial charge in [0, 0.05) is 4.47 Å². The Balaban J connectivity index is 2.00. The smallest absolute Gasteiger partial charge is 0.270 e. The Hall–Kier alpha value is -3.15. The van der Waals surface area contributed by atoms with Gasteiger partial charge in [0.15, 0.2) is 16.6 Å². The Labute approximate surface area is 194 Å². The molecule has 0 aliphatic carbocycles. The summed E-state index contributed by atoms with van der Waals surface area (Å²) in [7, 11) is 1.49. The molecule has 0 unspecified atom stereocenters. The summed E-state index contributed by atoms with van der Waals surface area (Å²) in [5.41, 5.74) is 2.19. The topological polar surface area (TPSA) is 67.9 Å². The van der Waals surface area contributed by atoms with Gasteiger partial charge in [-0.05, 0) is 60.1 Å². The number of rotatable bonds is 6. The van der Waals surface area contributed by atoms with Gasteiger partial charge in [0.1, 0.15) is 12.2 Å². The van der Waals surface area contributed by atoms with Crippen LogP contribution in [0.4, 0.5) is 5.69 Å². The Morgan fingerprint density at radius 3 is 2.55 bits per heavy atom. The van der Waals surface area contributed by atoms with Gasteiger partial charge in [-0.1, -0.05) is 40.9 Å². The quantitative estimate of drug-likeness (QED) is 0.283. The first-order valence-electron chi connectivity index (χ1n) is 9.33. The van der Waals surface area contributed by atoms with Crippen LogP contribution in [0.1, 0.15) is 18.1 Å². The predicted octanol–water partition coefficient (Wildman–Crippen LogP) is 3.86. The number of carbonyl (C=O) groups excluding carboxylic acids is 2. The molecule has 3 rings (SSSR count). The molecule has 0 bridgehead atoms. The fraction of sp³-hybridized carbons (Fsp3) is 0.174. The molecule has 8 heteroatoms. The van der Waals surface area contributed by atoms with E-state index in [2.05, 4.69) is 27.2 Å². The highest BCUT2D eigenvalue weighted by Gasteiger charge is 2.34. The minimum atomic E-state index is -0.574. The van der Waals surface area contributed by atoms with Gasteiger partial charge in [0.2, 0.25) is 0 Å². The summed E-state index contributed by atoms with van der Waals surface area (Å²) < 4.78 is 11.4. The highest BCUT2D eigenvalue weighted by Crippen LogP contribution is 2.35. The molecule has 2 aromatic rings. The maximum Gasteiger partial charge on any atom is 0.270 e. The number of nitrogens with zero attached hydrogens (tertiary/aromatic N) is 1. The monoisotopic (exact) mass is 498 g/mol. The number of thiocarbonyl (C=S) groups is 1. The maximum absolute atomic E-state index is 13.2. The van der Waals surface area contributed by atoms with E-state index < -0.39 is 11.8 Å². The number of benzene rings is 2. The van der Waals surface area contributed by atoms with Crippen LogP contribution in [-0.2, 0) is 16.0 Å². The molecule has 0 aromatic heterocycles. The molecule has 31 heavy (non-hydrogen) atoms. The van der Waals surface area contributed by atoms with Gasteiger partial charge in [0.25, 0.3) is 11.8 Å². The minimum Gasteiger partial charge on any atom is -0.493 e. The Kier molecular flexibility index (Phi) is 7.10. The number of ether oxygens (including phenoxy) is 2. The van der Waals surface area contributed by atoms with Crippen LogP contribution < -0.4 is 19.7 Å². The summed E-state index contributed by atoms with van der Waals surface area (Å²) in [6, 6.07) is 10.8. The zero-order valence-electron chi connectivity index (χ0n) is 16.9. The molecule has 1 aliphatic heterocycles. The number of anilines is 1. The molecule has 0 spiro atoms. The number of nitrogens with one attached hydrogen (secondary N) is 1. The number of methoxy groups -OCH3 is 1. The van der Waals surface area contributed by atoms with E-state index in [1.807, 2.05) is 19.1 Å². The van der Waals surface area contributed by atoms with E-state index in [9.17, 15) is 9.59 Å². The predicted molar refractivity (Wildman–Crippen MR) is 127 cm³/mol. The molecule has 6 nitrogen and oxygen atoms in total. The van der Waals surface area contributed by atoms with Crippen molar-refractivity contribution < 1.29 is 19.1 Å². The van der Waals surface area contributed by atoms with E-state index in [-0.39, 0.29) is 17.3 Å². The third-order valence-electron chi connectivity index (χ3n) is 4.60. The second-order valence-corrected chi connectivity index (χ2v) is 7.74. The summed E-state index contributed by atoms with van der Waals surface area (Å²) in [6.07, 6.45) is 7.59. The molecular formula is C23H19BrN2O4S. The van der Waals surface area contributed by atoms with Crippen molar-refractivity contribution in [3.63, 3.8) is 0 Å². The van der Waals surface area contributed by atoms with Crippen molar-refractivity contribution in [3.05, 3.63) is 57.6 Å². The SMILES string of the molecule is C#CCOc1cc(Br)c(C=C2C(=O)NC(=S)N(c3ccc(CC)cc3)C2=O)cc1OC. The molecule has 2 amide bonds. The average Bonchev–Trinajstić information content (AvgIpc) is 2.76. The van der Waals surface area contributed by atoms with Crippen LogP contribution in [0.3, 0.4) is 0 Å². The van der Waals surface area contributed by atoms with Gasteiger partial charge < -0.3 is 9.47 Å². The van der Waals surface area contributed by atoms with Gasteiger partial charge in [-0.2, -0.15) is 0 Å². The summed E-state index contributed by atoms with van der Waals surface area (Å²) in [6.45, 7) is 2.12. The molecule has 0 atom stereocenters. The maximum atomic E-state index is 13.2. The second-order valence-electron chi connectivity index (χ2n) is 6.50. The molecule has 0 saturated carbocycles. The molecule has 2 aromatic carbocycles. The van der Waals surface area contributed by atoms with Gasteiger partial charge >= 0.3 is 0 Å². The second kappa shape index (κ2) is 9.77. The van der Waals surface area contributed by atoms with Crippen LogP contribution in [0.2, 0.25) is 0 Å². The first-order chi connectivity index (χ1) is 14.9. The lowest BCUT2D eigenvalue weighted by Gasteiger charge is -2.29. The average molecular weight is 499 g/mol. The van der Waals surface area contributed by atoms with Crippen molar-refractivity contribution >= 4 is 56.8 Å². The molecule has 1 N–H and O–H groups in total. The van der Waals surface area contributed by atoms with E-state index in [1.54, 1.807) is 24.3 Å². The highest BCUT2D eigenvalue weighted by molar-refractivity contribution is 9.10. The van der Waals surface area contributed by atoms with Gasteiger partial charge in [-0.15, -0.1) is 6.42 Å². The van der Waals surface area contributed by atoms with Crippen LogP contribution in [0.5, 0.6) is 11.5 Å². The first kappa shape index (κ1) is 22.5. The Morgan fingerprint density at radius 1 is 1.23 bits per heavy atom. The van der Waals surface area contributed by atoms with Crippen LogP contribution in [0, 0.1) is 12.3 Å². The molecule has 1 aliphatic rings. The number of terminal acetylenes is 1. The normalized spacial score (nSPS) is 15.0. The minimum absolute atomic E-state index is 0.0334. The van der Waals surface area contributed by atoms with E-state index in [0.29, 0.717) is 27.2 Å². The van der Waals surface area contributed by atoms with Gasteiger partial charge in [-0.3, -0.25) is 19.8 Å². The van der Waals surface area contributed by atoms with E-state index in [1.165, 1.54) is 18.1 Å². The van der Waals surface area contributed by atoms with Crippen molar-refractivity contribution in [2.75, 3.05) is 18.6 Å². The number of carbonyl (C=O) groups is 2. The molecular weight excluding hydrogens is 480 g/mol. The fourth-order valence-electron chi connectivity index (χ4n) is 2.98. The van der Waals surface area contributed by atoms with Crippen molar-refractivity contribution in [2.24, 2.45) is 0 Å². The third-order valence-corrected chi connectivity index (χ3v) is 5.57. The molecule has 1 fully saturated rings. The highest BCUT2D eigenvalue weighted by atomic mass is 79.9. The van der Waals surface area contributed by atoms with E-state index in [0.717, 1.165) is 12.0 Å². The number of hydrogen-bond donors (Lipinski definition) is 1. The first-order valence-corrected chi connectivity index (χ1v) is 10.5. The van der Waals surface area contributed by atoms with Gasteiger partial charge in [-0.25, -0.2) is 0 Å². The van der Waals surface area contributed by atoms with Crippen molar-refractivity contribution in [3.8, 4) is 23.8 Å². The molecule has 0 radical (unpaired) electrons. The standard InChI is InChI=1S/C23H19BrN2O4S/c1-4-10-30-20-13-18(24)15(12-19(20)29-3)11-17-21(27)25-23(31)26(22(17)28)16-8-6-14(5-2)7-9-16/h1,6-9,11-13H,5,10H2,2-3H3,(H,25,27,31). The fourth-order valence-corrected chi connectivity index (χ4v) is 3.70. The Bertz CT molecular complexity index is 1120. The summed E-state index contributed by atoms with van der Waals surface area (Å²) in [4.78, 5) is 27.1. The van der Waals surface area contributed by atoms with Gasteiger partial charge in [0.05, 0.1) is 12.8 Å². The zero-order chi connectivity index (χ0) is 22.5. The zero-order valence-corrected chi connectivity index (χ0v) is 19.3. The number of aryl methyl sites for hydroxylation is 1. The molecule has 158 valence electrons. The van der Waals surface area contributed by atoms with E-state index >= 15 is 0 Å². The van der Waals surface area contributed by atoms with Crippen molar-refractivity contribution in [2.45, 2.75) is 13.3 Å². The van der Waals surface area contributed by atoms with Crippen LogP contribution in [-0.4, -0.2) is 30.6 Å². The van der Waals surface area contributed by atoms with Crippen LogP contribution >= 0.6 is 28.1 Å². The lowest BCUT2D eigenvalue weighted by Crippen LogP contribution is -2.54. The largest absolute Gasteiger partial charge is 0.493 e. The third kappa shape index (κ3) is 4.79. The molecule has 1 heterocycles. The number of hydrogen-bond acceptors (Lipinski definition) is 5. The summed E-state index contributed by atoms with van der Waals surface area (Å²) >= 11 is 8.69. The lowest BCUT2D eigenvalue weighted by atomic mass is 10.1. The van der Waals surface area contributed by atoms with Crippen LogP contribution in [0.25, 0.3) is 6.08 Å². The number of amides is 2. The van der Waals surface area contributed by atoms with Crippen molar-refractivity contribution in [1.82, 2.24) is 5.32 Å². The van der Waals surface area contributed by atoms with Crippen molar-refractivity contribution in [1.29, 1.82) is 0 Å². The van der Waals surface area contributed by atoms with E-state index in [4.69, 9.17) is 28.1 Å². The van der Waals surface area contributed by atoms with Crippen LogP contribution in [0.15, 0.2) is 46.4 Å². The summed E-state index contributed by atoms with van der Waals surface area (Å²) in [5, 5.41) is 2.61. The lowest BCUT2D eigenvalue weighted by molar-refractivity contribution is -0.122. The summed E-state index contributed by atoms with van der Waals surface area (Å²) in [5.74, 6) is 2.15. The Morgan fingerprint density at radius 2 is 1.94 bits per heavy atom. The number of halogens is 1.